The maximum absolute atomic E-state index is 5.63. The molecule has 0 atom stereocenters. The van der Waals surface area contributed by atoms with Crippen LogP contribution < -0.4 is 11.5 Å². The summed E-state index contributed by atoms with van der Waals surface area (Å²) in [6, 6.07) is 24.2. The Labute approximate surface area is 132 Å². The molecule has 0 amide bonds. The highest BCUT2D eigenvalue weighted by Crippen LogP contribution is 2.20. The van der Waals surface area contributed by atoms with E-state index in [0.29, 0.717) is 0 Å². The highest BCUT2D eigenvalue weighted by atomic mass is 14.5. The molecule has 0 fully saturated rings. The van der Waals surface area contributed by atoms with Crippen LogP contribution in [0.4, 0.5) is 11.4 Å². The molecule has 2 nitrogen and oxygen atoms in total. The molecule has 0 bridgehead atoms. The lowest BCUT2D eigenvalue weighted by molar-refractivity contribution is 1.47. The van der Waals surface area contributed by atoms with Crippen LogP contribution >= 0.6 is 0 Å². The van der Waals surface area contributed by atoms with Gasteiger partial charge in [0, 0.05) is 11.4 Å². The van der Waals surface area contributed by atoms with E-state index in [9.17, 15) is 0 Å². The Hall–Kier alpha value is -2.74. The number of nitrogen functional groups attached to an aromatic ring is 2. The van der Waals surface area contributed by atoms with Gasteiger partial charge in [-0.1, -0.05) is 59.7 Å². The second-order valence-corrected chi connectivity index (χ2v) is 5.40. The Morgan fingerprint density at radius 2 is 0.727 bits per heavy atom. The van der Waals surface area contributed by atoms with Crippen molar-refractivity contribution >= 4 is 11.4 Å². The average Bonchev–Trinajstić information content (AvgIpc) is 2.53. The molecule has 3 rings (SSSR count). The number of nitrogens with two attached hydrogens (primary N) is 2. The molecule has 0 saturated heterocycles. The third kappa shape index (κ3) is 4.67. The molecular weight excluding hydrogens is 268 g/mol. The first-order chi connectivity index (χ1) is 10.5. The fourth-order valence-corrected chi connectivity index (χ4v) is 1.99. The lowest BCUT2D eigenvalue weighted by Crippen LogP contribution is -1.83. The standard InChI is InChI=1S/C13H13N.C7H9N/c1-10-2-4-11(5-3-10)12-6-8-13(14)9-7-12;1-6-2-4-7(8)5-3-6/h2-9H,14H2,1H3;2-5H,8H2,1H3. The molecule has 0 heterocycles. The minimum Gasteiger partial charge on any atom is -0.399 e. The van der Waals surface area contributed by atoms with Crippen molar-refractivity contribution in [1.82, 2.24) is 0 Å². The lowest BCUT2D eigenvalue weighted by Gasteiger charge is -2.02. The summed E-state index contributed by atoms with van der Waals surface area (Å²) in [5.41, 5.74) is 17.7. The third-order valence-electron chi connectivity index (χ3n) is 3.37. The van der Waals surface area contributed by atoms with Gasteiger partial charge in [0.2, 0.25) is 0 Å². The van der Waals surface area contributed by atoms with E-state index in [1.807, 2.05) is 55.5 Å². The van der Waals surface area contributed by atoms with E-state index in [4.69, 9.17) is 11.5 Å². The Balaban J connectivity index is 0.000000188. The van der Waals surface area contributed by atoms with Crippen LogP contribution in [0.2, 0.25) is 0 Å². The van der Waals surface area contributed by atoms with E-state index in [0.717, 1.165) is 11.4 Å². The average molecular weight is 290 g/mol. The number of benzene rings is 3. The zero-order chi connectivity index (χ0) is 15.9. The molecule has 0 saturated carbocycles. The van der Waals surface area contributed by atoms with Crippen molar-refractivity contribution in [1.29, 1.82) is 0 Å². The van der Waals surface area contributed by atoms with Crippen LogP contribution in [0.1, 0.15) is 11.1 Å². The van der Waals surface area contributed by atoms with Gasteiger partial charge in [-0.05, 0) is 49.2 Å². The van der Waals surface area contributed by atoms with Crippen molar-refractivity contribution in [3.8, 4) is 11.1 Å². The summed E-state index contributed by atoms with van der Waals surface area (Å²) in [6.45, 7) is 4.13. The first-order valence-electron chi connectivity index (χ1n) is 7.29. The van der Waals surface area contributed by atoms with Crippen LogP contribution in [0.15, 0.2) is 72.8 Å². The molecule has 22 heavy (non-hydrogen) atoms. The second-order valence-electron chi connectivity index (χ2n) is 5.40. The van der Waals surface area contributed by atoms with Crippen molar-refractivity contribution in [2.24, 2.45) is 0 Å². The summed E-state index contributed by atoms with van der Waals surface area (Å²) in [7, 11) is 0. The third-order valence-corrected chi connectivity index (χ3v) is 3.37. The first kappa shape index (κ1) is 15.6. The number of rotatable bonds is 1. The van der Waals surface area contributed by atoms with Crippen molar-refractivity contribution in [2.75, 3.05) is 11.5 Å². The topological polar surface area (TPSA) is 52.0 Å². The number of anilines is 2. The van der Waals surface area contributed by atoms with Crippen LogP contribution in [0.5, 0.6) is 0 Å². The summed E-state index contributed by atoms with van der Waals surface area (Å²) in [5, 5.41) is 0. The molecule has 0 aliphatic heterocycles. The van der Waals surface area contributed by atoms with Crippen molar-refractivity contribution in [2.45, 2.75) is 13.8 Å². The molecule has 0 aliphatic rings. The molecule has 0 unspecified atom stereocenters. The minimum absolute atomic E-state index is 0.806. The van der Waals surface area contributed by atoms with Crippen molar-refractivity contribution in [3.63, 3.8) is 0 Å². The van der Waals surface area contributed by atoms with Gasteiger partial charge in [0.15, 0.2) is 0 Å². The summed E-state index contributed by atoms with van der Waals surface area (Å²) < 4.78 is 0. The van der Waals surface area contributed by atoms with E-state index in [-0.39, 0.29) is 0 Å². The quantitative estimate of drug-likeness (QED) is 0.631. The van der Waals surface area contributed by atoms with Gasteiger partial charge in [-0.25, -0.2) is 0 Å². The minimum atomic E-state index is 0.806. The zero-order valence-corrected chi connectivity index (χ0v) is 13.1. The van der Waals surface area contributed by atoms with E-state index in [1.165, 1.54) is 22.3 Å². The molecular formula is C20H22N2. The highest BCUT2D eigenvalue weighted by molar-refractivity contribution is 5.65. The van der Waals surface area contributed by atoms with Gasteiger partial charge in [0.25, 0.3) is 0 Å². The van der Waals surface area contributed by atoms with E-state index in [1.54, 1.807) is 0 Å². The summed E-state index contributed by atoms with van der Waals surface area (Å²) in [5.74, 6) is 0. The van der Waals surface area contributed by atoms with E-state index >= 15 is 0 Å². The molecule has 4 N–H and O–H groups in total. The van der Waals surface area contributed by atoms with Gasteiger partial charge in [-0.3, -0.25) is 0 Å². The fourth-order valence-electron chi connectivity index (χ4n) is 1.99. The molecule has 2 heteroatoms. The smallest absolute Gasteiger partial charge is 0.0314 e. The van der Waals surface area contributed by atoms with E-state index in [2.05, 4.69) is 31.2 Å². The predicted octanol–water partition coefficient (Wildman–Crippen LogP) is 4.82. The Morgan fingerprint density at radius 3 is 1.09 bits per heavy atom. The van der Waals surface area contributed by atoms with Gasteiger partial charge in [0.1, 0.15) is 0 Å². The first-order valence-corrected chi connectivity index (χ1v) is 7.29. The summed E-state index contributed by atoms with van der Waals surface area (Å²) >= 11 is 0. The van der Waals surface area contributed by atoms with E-state index < -0.39 is 0 Å². The van der Waals surface area contributed by atoms with Crippen LogP contribution in [0, 0.1) is 13.8 Å². The van der Waals surface area contributed by atoms with Crippen molar-refractivity contribution in [3.05, 3.63) is 83.9 Å². The Morgan fingerprint density at radius 1 is 0.455 bits per heavy atom. The van der Waals surface area contributed by atoms with Gasteiger partial charge >= 0.3 is 0 Å². The normalized spacial score (nSPS) is 9.73. The van der Waals surface area contributed by atoms with Crippen LogP contribution in [-0.2, 0) is 0 Å². The molecule has 0 radical (unpaired) electrons. The maximum atomic E-state index is 5.63. The molecule has 0 aromatic heterocycles. The zero-order valence-electron chi connectivity index (χ0n) is 13.1. The van der Waals surface area contributed by atoms with Gasteiger partial charge < -0.3 is 11.5 Å². The number of aryl methyl sites for hydroxylation is 2. The SMILES string of the molecule is Cc1ccc(-c2ccc(N)cc2)cc1.Cc1ccc(N)cc1. The maximum Gasteiger partial charge on any atom is 0.0314 e. The molecule has 0 aliphatic carbocycles. The lowest BCUT2D eigenvalue weighted by atomic mass is 10.0. The predicted molar refractivity (Wildman–Crippen MR) is 96.6 cm³/mol. The van der Waals surface area contributed by atoms with Gasteiger partial charge in [-0.15, -0.1) is 0 Å². The number of hydrogen-bond acceptors (Lipinski definition) is 2. The molecule has 0 spiro atoms. The van der Waals surface area contributed by atoms with Crippen LogP contribution in [-0.4, -0.2) is 0 Å². The largest absolute Gasteiger partial charge is 0.399 e. The highest BCUT2D eigenvalue weighted by Gasteiger charge is 1.95. The fraction of sp³-hybridized carbons (Fsp3) is 0.100. The Bertz CT molecular complexity index is 632. The number of hydrogen-bond donors (Lipinski definition) is 2. The Kier molecular flexibility index (Phi) is 5.21. The van der Waals surface area contributed by atoms with Crippen LogP contribution in [0.25, 0.3) is 11.1 Å². The second kappa shape index (κ2) is 7.32. The van der Waals surface area contributed by atoms with Gasteiger partial charge in [0.05, 0.1) is 0 Å². The van der Waals surface area contributed by atoms with Crippen molar-refractivity contribution < 1.29 is 0 Å². The molecule has 3 aromatic rings. The molecule has 3 aromatic carbocycles. The summed E-state index contributed by atoms with van der Waals surface area (Å²) in [6.07, 6.45) is 0. The summed E-state index contributed by atoms with van der Waals surface area (Å²) in [4.78, 5) is 0. The monoisotopic (exact) mass is 290 g/mol. The molecule has 112 valence electrons. The van der Waals surface area contributed by atoms with Gasteiger partial charge in [-0.2, -0.15) is 0 Å². The van der Waals surface area contributed by atoms with Crippen LogP contribution in [0.3, 0.4) is 0 Å².